The van der Waals surface area contributed by atoms with Gasteiger partial charge in [-0.05, 0) is 36.2 Å². The molecule has 3 aromatic rings. The first-order valence-corrected chi connectivity index (χ1v) is 9.06. The number of carbonyl (C=O) groups excluding carboxylic acids is 1. The standard InChI is InChI=1S/C19H19N3O3S/c1-2-14-8-10-16(11-9-14)25-13-18-21-22-19(26-18)20-17(23)12-24-15-6-4-3-5-7-15/h3-11H,2,12-13H2,1H3,(H,20,22,23). The lowest BCUT2D eigenvalue weighted by Gasteiger charge is -2.05. The molecule has 7 heteroatoms. The van der Waals surface area contributed by atoms with Gasteiger partial charge in [0, 0.05) is 0 Å². The van der Waals surface area contributed by atoms with Crippen LogP contribution < -0.4 is 14.8 Å². The predicted molar refractivity (Wildman–Crippen MR) is 101 cm³/mol. The number of ether oxygens (including phenoxy) is 2. The second-order valence-electron chi connectivity index (χ2n) is 5.44. The van der Waals surface area contributed by atoms with Crippen LogP contribution in [0.15, 0.2) is 54.6 Å². The maximum Gasteiger partial charge on any atom is 0.264 e. The summed E-state index contributed by atoms with van der Waals surface area (Å²) in [5.74, 6) is 1.13. The second-order valence-corrected chi connectivity index (χ2v) is 6.50. The number of para-hydroxylation sites is 1. The lowest BCUT2D eigenvalue weighted by molar-refractivity contribution is -0.118. The van der Waals surface area contributed by atoms with Crippen LogP contribution in [0, 0.1) is 0 Å². The van der Waals surface area contributed by atoms with Crippen molar-refractivity contribution in [3.05, 3.63) is 65.2 Å². The zero-order chi connectivity index (χ0) is 18.2. The maximum atomic E-state index is 11.9. The number of hydrogen-bond donors (Lipinski definition) is 1. The first-order chi connectivity index (χ1) is 12.7. The Balaban J connectivity index is 1.45. The highest BCUT2D eigenvalue weighted by Crippen LogP contribution is 2.19. The normalized spacial score (nSPS) is 10.3. The molecular formula is C19H19N3O3S. The van der Waals surface area contributed by atoms with Gasteiger partial charge in [-0.1, -0.05) is 48.6 Å². The first kappa shape index (κ1) is 17.9. The summed E-state index contributed by atoms with van der Waals surface area (Å²) in [5, 5.41) is 11.8. The van der Waals surface area contributed by atoms with E-state index in [2.05, 4.69) is 22.4 Å². The van der Waals surface area contributed by atoms with E-state index in [-0.39, 0.29) is 12.5 Å². The van der Waals surface area contributed by atoms with Crippen LogP contribution in [-0.4, -0.2) is 22.7 Å². The number of nitrogens with zero attached hydrogens (tertiary/aromatic N) is 2. The van der Waals surface area contributed by atoms with E-state index in [0.717, 1.165) is 12.2 Å². The van der Waals surface area contributed by atoms with Crippen LogP contribution in [0.3, 0.4) is 0 Å². The highest BCUT2D eigenvalue weighted by molar-refractivity contribution is 7.15. The molecule has 134 valence electrons. The van der Waals surface area contributed by atoms with Crippen molar-refractivity contribution in [2.75, 3.05) is 11.9 Å². The fourth-order valence-electron chi connectivity index (χ4n) is 2.15. The van der Waals surface area contributed by atoms with Crippen molar-refractivity contribution in [3.63, 3.8) is 0 Å². The third kappa shape index (κ3) is 5.29. The Morgan fingerprint density at radius 2 is 1.73 bits per heavy atom. The minimum absolute atomic E-state index is 0.0841. The SMILES string of the molecule is CCc1ccc(OCc2nnc(NC(=O)COc3ccccc3)s2)cc1. The van der Waals surface area contributed by atoms with Crippen LogP contribution in [0.1, 0.15) is 17.5 Å². The number of anilines is 1. The molecule has 26 heavy (non-hydrogen) atoms. The van der Waals surface area contributed by atoms with Gasteiger partial charge in [-0.2, -0.15) is 0 Å². The van der Waals surface area contributed by atoms with Crippen molar-refractivity contribution in [3.8, 4) is 11.5 Å². The summed E-state index contributed by atoms with van der Waals surface area (Å²) in [5.41, 5.74) is 1.26. The Morgan fingerprint density at radius 1 is 1.00 bits per heavy atom. The van der Waals surface area contributed by atoms with Gasteiger partial charge >= 0.3 is 0 Å². The van der Waals surface area contributed by atoms with Gasteiger partial charge < -0.3 is 9.47 Å². The topological polar surface area (TPSA) is 73.3 Å². The number of rotatable bonds is 8. The molecule has 1 heterocycles. The summed E-state index contributed by atoms with van der Waals surface area (Å²) in [7, 11) is 0. The third-order valence-corrected chi connectivity index (χ3v) is 4.33. The maximum absolute atomic E-state index is 11.9. The van der Waals surface area contributed by atoms with Crippen molar-refractivity contribution < 1.29 is 14.3 Å². The average molecular weight is 369 g/mol. The highest BCUT2D eigenvalue weighted by atomic mass is 32.1. The van der Waals surface area contributed by atoms with Gasteiger partial charge in [-0.25, -0.2) is 0 Å². The first-order valence-electron chi connectivity index (χ1n) is 8.25. The molecule has 3 rings (SSSR count). The lowest BCUT2D eigenvalue weighted by atomic mass is 10.2. The van der Waals surface area contributed by atoms with E-state index in [0.29, 0.717) is 22.5 Å². The number of benzene rings is 2. The molecular weight excluding hydrogens is 350 g/mol. The molecule has 0 fully saturated rings. The lowest BCUT2D eigenvalue weighted by Crippen LogP contribution is -2.20. The van der Waals surface area contributed by atoms with Crippen molar-refractivity contribution in [2.24, 2.45) is 0 Å². The molecule has 0 bridgehead atoms. The quantitative estimate of drug-likeness (QED) is 0.655. The van der Waals surface area contributed by atoms with Gasteiger partial charge in [0.1, 0.15) is 18.1 Å². The second kappa shape index (κ2) is 8.96. The van der Waals surface area contributed by atoms with E-state index in [4.69, 9.17) is 9.47 Å². The predicted octanol–water partition coefficient (Wildman–Crippen LogP) is 3.70. The van der Waals surface area contributed by atoms with E-state index in [1.165, 1.54) is 16.9 Å². The zero-order valence-corrected chi connectivity index (χ0v) is 15.2. The van der Waals surface area contributed by atoms with E-state index in [1.54, 1.807) is 12.1 Å². The van der Waals surface area contributed by atoms with Crippen LogP contribution >= 0.6 is 11.3 Å². The zero-order valence-electron chi connectivity index (χ0n) is 14.3. The fraction of sp³-hybridized carbons (Fsp3) is 0.211. The van der Waals surface area contributed by atoms with Crippen LogP contribution in [0.5, 0.6) is 11.5 Å². The van der Waals surface area contributed by atoms with E-state index in [1.807, 2.05) is 42.5 Å². The molecule has 0 spiro atoms. The molecule has 2 aromatic carbocycles. The van der Waals surface area contributed by atoms with Crippen LogP contribution in [0.25, 0.3) is 0 Å². The van der Waals surface area contributed by atoms with E-state index >= 15 is 0 Å². The van der Waals surface area contributed by atoms with Crippen molar-refractivity contribution >= 4 is 22.4 Å². The largest absolute Gasteiger partial charge is 0.486 e. The summed E-state index contributed by atoms with van der Waals surface area (Å²) in [6, 6.07) is 17.1. The van der Waals surface area contributed by atoms with Crippen molar-refractivity contribution in [1.82, 2.24) is 10.2 Å². The minimum Gasteiger partial charge on any atom is -0.486 e. The molecule has 0 saturated carbocycles. The highest BCUT2D eigenvalue weighted by Gasteiger charge is 2.09. The molecule has 0 aliphatic heterocycles. The van der Waals surface area contributed by atoms with Gasteiger partial charge in [0.15, 0.2) is 11.6 Å². The van der Waals surface area contributed by atoms with E-state index in [9.17, 15) is 4.79 Å². The van der Waals surface area contributed by atoms with E-state index < -0.39 is 0 Å². The van der Waals surface area contributed by atoms with Crippen LogP contribution in [-0.2, 0) is 17.8 Å². The molecule has 1 amide bonds. The smallest absolute Gasteiger partial charge is 0.264 e. The monoisotopic (exact) mass is 369 g/mol. The Labute approximate surface area is 155 Å². The van der Waals surface area contributed by atoms with Gasteiger partial charge in [-0.15, -0.1) is 10.2 Å². The number of carbonyl (C=O) groups is 1. The summed E-state index contributed by atoms with van der Waals surface area (Å²) in [6.07, 6.45) is 0.994. The molecule has 1 aromatic heterocycles. The molecule has 6 nitrogen and oxygen atoms in total. The summed E-state index contributed by atoms with van der Waals surface area (Å²) >= 11 is 1.28. The third-order valence-electron chi connectivity index (χ3n) is 3.52. The number of amides is 1. The molecule has 0 unspecified atom stereocenters. The summed E-state index contributed by atoms with van der Waals surface area (Å²) in [4.78, 5) is 11.9. The Kier molecular flexibility index (Phi) is 6.16. The van der Waals surface area contributed by atoms with Gasteiger partial charge in [0.2, 0.25) is 5.13 Å². The minimum atomic E-state index is -0.285. The van der Waals surface area contributed by atoms with Gasteiger partial charge in [0.25, 0.3) is 5.91 Å². The Hall–Kier alpha value is -2.93. The summed E-state index contributed by atoms with van der Waals surface area (Å²) < 4.78 is 11.1. The van der Waals surface area contributed by atoms with Crippen LogP contribution in [0.4, 0.5) is 5.13 Å². The molecule has 0 aliphatic carbocycles. The Bertz CT molecular complexity index is 835. The van der Waals surface area contributed by atoms with Crippen molar-refractivity contribution in [2.45, 2.75) is 20.0 Å². The van der Waals surface area contributed by atoms with Crippen LogP contribution in [0.2, 0.25) is 0 Å². The Morgan fingerprint density at radius 3 is 2.46 bits per heavy atom. The number of aromatic nitrogens is 2. The molecule has 1 N–H and O–H groups in total. The molecule has 0 atom stereocenters. The molecule has 0 radical (unpaired) electrons. The number of aryl methyl sites for hydroxylation is 1. The number of hydrogen-bond acceptors (Lipinski definition) is 6. The van der Waals surface area contributed by atoms with Gasteiger partial charge in [-0.3, -0.25) is 10.1 Å². The number of nitrogens with one attached hydrogen (secondary N) is 1. The molecule has 0 saturated heterocycles. The van der Waals surface area contributed by atoms with Gasteiger partial charge in [0.05, 0.1) is 0 Å². The summed E-state index contributed by atoms with van der Waals surface area (Å²) in [6.45, 7) is 2.33. The van der Waals surface area contributed by atoms with Crippen molar-refractivity contribution in [1.29, 1.82) is 0 Å². The average Bonchev–Trinajstić information content (AvgIpc) is 3.13. The molecule has 0 aliphatic rings. The fourth-order valence-corrected chi connectivity index (χ4v) is 2.82.